The largest absolute Gasteiger partial charge is 0.454 e. The Labute approximate surface area is 153 Å². The van der Waals surface area contributed by atoms with E-state index in [9.17, 15) is 9.59 Å². The summed E-state index contributed by atoms with van der Waals surface area (Å²) in [4.78, 5) is 24.4. The number of Topliss-reactive ketones (excluding diaryl/α,β-unsaturated/α-hetero) is 1. The molecule has 5 heteroatoms. The Morgan fingerprint density at radius 1 is 1.04 bits per heavy atom. The van der Waals surface area contributed by atoms with Crippen LogP contribution in [0.25, 0.3) is 0 Å². The molecule has 2 aromatic carbocycles. The van der Waals surface area contributed by atoms with Crippen molar-refractivity contribution in [2.75, 3.05) is 6.79 Å². The Kier molecular flexibility index (Phi) is 5.56. The van der Waals surface area contributed by atoms with Crippen LogP contribution in [0.5, 0.6) is 11.5 Å². The van der Waals surface area contributed by atoms with Gasteiger partial charge in [0.1, 0.15) is 0 Å². The Balaban J connectivity index is 1.51. The Bertz CT molecular complexity index is 798. The molecule has 1 aliphatic heterocycles. The molecule has 1 unspecified atom stereocenters. The molecular weight excluding hydrogens is 330 g/mol. The van der Waals surface area contributed by atoms with Crippen molar-refractivity contribution in [2.45, 2.75) is 39.2 Å². The molecule has 0 fully saturated rings. The molecule has 1 aliphatic rings. The SMILES string of the molecule is CCc1ccc(C(=O)CCC(=O)NC(C)c2ccc3c(c2)OCO3)cc1. The van der Waals surface area contributed by atoms with E-state index in [1.165, 1.54) is 5.56 Å². The van der Waals surface area contributed by atoms with Crippen molar-refractivity contribution in [1.82, 2.24) is 5.32 Å². The van der Waals surface area contributed by atoms with E-state index in [1.54, 1.807) is 0 Å². The molecule has 0 saturated heterocycles. The van der Waals surface area contributed by atoms with E-state index in [4.69, 9.17) is 9.47 Å². The Hall–Kier alpha value is -2.82. The minimum atomic E-state index is -0.170. The lowest BCUT2D eigenvalue weighted by molar-refractivity contribution is -0.121. The minimum absolute atomic E-state index is 0.0152. The van der Waals surface area contributed by atoms with Gasteiger partial charge in [-0.2, -0.15) is 0 Å². The van der Waals surface area contributed by atoms with Crippen LogP contribution in [0.3, 0.4) is 0 Å². The van der Waals surface area contributed by atoms with E-state index < -0.39 is 0 Å². The molecule has 0 saturated carbocycles. The van der Waals surface area contributed by atoms with Gasteiger partial charge in [-0.25, -0.2) is 0 Å². The molecule has 0 aliphatic carbocycles. The monoisotopic (exact) mass is 353 g/mol. The molecule has 0 bridgehead atoms. The number of ether oxygens (including phenoxy) is 2. The molecule has 3 rings (SSSR count). The Morgan fingerprint density at radius 3 is 2.50 bits per heavy atom. The molecule has 26 heavy (non-hydrogen) atoms. The summed E-state index contributed by atoms with van der Waals surface area (Å²) in [5.74, 6) is 1.24. The summed E-state index contributed by atoms with van der Waals surface area (Å²) >= 11 is 0. The van der Waals surface area contributed by atoms with Crippen LogP contribution in [0, 0.1) is 0 Å². The standard InChI is InChI=1S/C21H23NO4/c1-3-15-4-6-16(7-5-15)18(23)9-11-21(24)22-14(2)17-8-10-19-20(12-17)26-13-25-19/h4-8,10,12,14H,3,9,11,13H2,1-2H3,(H,22,24). The summed E-state index contributed by atoms with van der Waals surface area (Å²) < 4.78 is 10.6. The first kappa shape index (κ1) is 18.0. The molecule has 1 N–H and O–H groups in total. The first-order chi connectivity index (χ1) is 12.6. The Morgan fingerprint density at radius 2 is 1.77 bits per heavy atom. The molecule has 1 heterocycles. The van der Waals surface area contributed by atoms with E-state index in [0.717, 1.165) is 12.0 Å². The number of hydrogen-bond donors (Lipinski definition) is 1. The highest BCUT2D eigenvalue weighted by molar-refractivity contribution is 5.98. The van der Waals surface area contributed by atoms with Gasteiger partial charge in [0.15, 0.2) is 17.3 Å². The van der Waals surface area contributed by atoms with Crippen LogP contribution in [0.4, 0.5) is 0 Å². The third-order valence-electron chi connectivity index (χ3n) is 4.54. The number of hydrogen-bond acceptors (Lipinski definition) is 4. The summed E-state index contributed by atoms with van der Waals surface area (Å²) in [7, 11) is 0. The van der Waals surface area contributed by atoms with Gasteiger partial charge < -0.3 is 14.8 Å². The van der Waals surface area contributed by atoms with E-state index in [0.29, 0.717) is 17.1 Å². The molecule has 2 aromatic rings. The maximum atomic E-state index is 12.2. The molecule has 1 atom stereocenters. The van der Waals surface area contributed by atoms with Gasteiger partial charge in [-0.3, -0.25) is 9.59 Å². The summed E-state index contributed by atoms with van der Waals surface area (Å²) in [6.45, 7) is 4.20. The zero-order valence-electron chi connectivity index (χ0n) is 15.1. The van der Waals surface area contributed by atoms with Gasteiger partial charge in [0, 0.05) is 18.4 Å². The molecule has 0 radical (unpaired) electrons. The second-order valence-corrected chi connectivity index (χ2v) is 6.38. The number of carbonyl (C=O) groups excluding carboxylic acids is 2. The maximum Gasteiger partial charge on any atom is 0.231 e. The van der Waals surface area contributed by atoms with Gasteiger partial charge in [0.05, 0.1) is 6.04 Å². The highest BCUT2D eigenvalue weighted by Crippen LogP contribution is 2.34. The van der Waals surface area contributed by atoms with Crippen LogP contribution in [0.15, 0.2) is 42.5 Å². The number of aryl methyl sites for hydroxylation is 1. The molecule has 5 nitrogen and oxygen atoms in total. The fourth-order valence-corrected chi connectivity index (χ4v) is 2.88. The van der Waals surface area contributed by atoms with Crippen molar-refractivity contribution >= 4 is 11.7 Å². The number of ketones is 1. The van der Waals surface area contributed by atoms with Gasteiger partial charge in [-0.15, -0.1) is 0 Å². The average Bonchev–Trinajstić information content (AvgIpc) is 3.14. The summed E-state index contributed by atoms with van der Waals surface area (Å²) in [6.07, 6.45) is 1.31. The molecule has 1 amide bonds. The number of fused-ring (bicyclic) bond motifs is 1. The summed E-state index contributed by atoms with van der Waals surface area (Å²) in [5, 5.41) is 2.92. The molecule has 0 aromatic heterocycles. The predicted molar refractivity (Wildman–Crippen MR) is 98.5 cm³/mol. The maximum absolute atomic E-state index is 12.2. The number of rotatable bonds is 7. The average molecular weight is 353 g/mol. The zero-order valence-corrected chi connectivity index (χ0v) is 15.1. The first-order valence-corrected chi connectivity index (χ1v) is 8.88. The van der Waals surface area contributed by atoms with E-state index in [-0.39, 0.29) is 37.4 Å². The highest BCUT2D eigenvalue weighted by Gasteiger charge is 2.17. The van der Waals surface area contributed by atoms with Crippen LogP contribution < -0.4 is 14.8 Å². The minimum Gasteiger partial charge on any atom is -0.454 e. The summed E-state index contributed by atoms with van der Waals surface area (Å²) in [6, 6.07) is 13.0. The third-order valence-corrected chi connectivity index (χ3v) is 4.54. The second kappa shape index (κ2) is 8.04. The van der Waals surface area contributed by atoms with Gasteiger partial charge in [0.25, 0.3) is 0 Å². The van der Waals surface area contributed by atoms with Crippen LogP contribution in [0.1, 0.15) is 54.2 Å². The number of nitrogens with one attached hydrogen (secondary N) is 1. The van der Waals surface area contributed by atoms with E-state index in [2.05, 4.69) is 12.2 Å². The van der Waals surface area contributed by atoms with Crippen molar-refractivity contribution in [3.05, 3.63) is 59.2 Å². The van der Waals surface area contributed by atoms with E-state index >= 15 is 0 Å². The number of amides is 1. The zero-order chi connectivity index (χ0) is 18.5. The van der Waals surface area contributed by atoms with Crippen LogP contribution in [-0.2, 0) is 11.2 Å². The lowest BCUT2D eigenvalue weighted by atomic mass is 10.0. The quantitative estimate of drug-likeness (QED) is 0.769. The van der Waals surface area contributed by atoms with E-state index in [1.807, 2.05) is 49.4 Å². The van der Waals surface area contributed by atoms with Crippen molar-refractivity contribution in [3.63, 3.8) is 0 Å². The lowest BCUT2D eigenvalue weighted by Crippen LogP contribution is -2.26. The van der Waals surface area contributed by atoms with Crippen LogP contribution >= 0.6 is 0 Å². The van der Waals surface area contributed by atoms with Gasteiger partial charge in [-0.05, 0) is 36.6 Å². The van der Waals surface area contributed by atoms with Crippen molar-refractivity contribution in [3.8, 4) is 11.5 Å². The highest BCUT2D eigenvalue weighted by atomic mass is 16.7. The number of carbonyl (C=O) groups is 2. The molecule has 0 spiro atoms. The second-order valence-electron chi connectivity index (χ2n) is 6.38. The molecule has 136 valence electrons. The van der Waals surface area contributed by atoms with Gasteiger partial charge in [-0.1, -0.05) is 37.3 Å². The smallest absolute Gasteiger partial charge is 0.231 e. The van der Waals surface area contributed by atoms with Crippen molar-refractivity contribution in [1.29, 1.82) is 0 Å². The van der Waals surface area contributed by atoms with Gasteiger partial charge >= 0.3 is 0 Å². The topological polar surface area (TPSA) is 64.6 Å². The first-order valence-electron chi connectivity index (χ1n) is 8.88. The third kappa shape index (κ3) is 4.23. The fourth-order valence-electron chi connectivity index (χ4n) is 2.88. The van der Waals surface area contributed by atoms with Crippen LogP contribution in [0.2, 0.25) is 0 Å². The van der Waals surface area contributed by atoms with Crippen molar-refractivity contribution < 1.29 is 19.1 Å². The fraction of sp³-hybridized carbons (Fsp3) is 0.333. The number of benzene rings is 2. The summed E-state index contributed by atoms with van der Waals surface area (Å²) in [5.41, 5.74) is 2.78. The lowest BCUT2D eigenvalue weighted by Gasteiger charge is -2.14. The van der Waals surface area contributed by atoms with Crippen molar-refractivity contribution in [2.24, 2.45) is 0 Å². The predicted octanol–water partition coefficient (Wildman–Crippen LogP) is 3.82. The van der Waals surface area contributed by atoms with Gasteiger partial charge in [0.2, 0.25) is 12.7 Å². The molecular formula is C21H23NO4. The normalized spacial score (nSPS) is 13.3. The van der Waals surface area contributed by atoms with Crippen LogP contribution in [-0.4, -0.2) is 18.5 Å².